The summed E-state index contributed by atoms with van der Waals surface area (Å²) in [5.74, 6) is 2.42. The van der Waals surface area contributed by atoms with Gasteiger partial charge in [0.15, 0.2) is 0 Å². The fraction of sp³-hybridized carbons (Fsp3) is 0.810. The summed E-state index contributed by atoms with van der Waals surface area (Å²) < 4.78 is 0. The van der Waals surface area contributed by atoms with Crippen molar-refractivity contribution in [1.82, 2.24) is 0 Å². The Balaban J connectivity index is 2.28. The van der Waals surface area contributed by atoms with E-state index in [1.165, 1.54) is 24.8 Å². The number of allylic oxidation sites excluding steroid dienone is 4. The van der Waals surface area contributed by atoms with Gasteiger partial charge in [-0.05, 0) is 58.8 Å². The first-order chi connectivity index (χ1) is 9.50. The van der Waals surface area contributed by atoms with E-state index in [2.05, 4.69) is 73.6 Å². The normalized spacial score (nSPS) is 33.9. The molecule has 2 aliphatic rings. The lowest BCUT2D eigenvalue weighted by Gasteiger charge is -2.63. The van der Waals surface area contributed by atoms with Crippen molar-refractivity contribution < 1.29 is 0 Å². The van der Waals surface area contributed by atoms with Crippen molar-refractivity contribution in [1.29, 1.82) is 0 Å². The van der Waals surface area contributed by atoms with Crippen molar-refractivity contribution in [3.63, 3.8) is 0 Å². The first-order valence-corrected chi connectivity index (χ1v) is 8.89. The van der Waals surface area contributed by atoms with Crippen LogP contribution in [0.15, 0.2) is 23.8 Å². The SMILES string of the molecule is CC(C)C1CCC1(C1C=CC(C(C)(C)C)=CC1)C(C)(C)C. The van der Waals surface area contributed by atoms with Gasteiger partial charge in [-0.1, -0.05) is 73.6 Å². The molecular weight excluding hydrogens is 252 g/mol. The molecule has 0 heterocycles. The summed E-state index contributed by atoms with van der Waals surface area (Å²) in [6, 6.07) is 0. The van der Waals surface area contributed by atoms with E-state index >= 15 is 0 Å². The van der Waals surface area contributed by atoms with Crippen LogP contribution in [0.4, 0.5) is 0 Å². The Labute approximate surface area is 133 Å². The summed E-state index contributed by atoms with van der Waals surface area (Å²) in [4.78, 5) is 0. The fourth-order valence-corrected chi connectivity index (χ4v) is 5.06. The van der Waals surface area contributed by atoms with Gasteiger partial charge in [-0.25, -0.2) is 0 Å². The average Bonchev–Trinajstić information content (AvgIpc) is 2.24. The van der Waals surface area contributed by atoms with E-state index in [1.807, 2.05) is 0 Å². The molecule has 3 unspecified atom stereocenters. The third-order valence-corrected chi connectivity index (χ3v) is 6.36. The monoisotopic (exact) mass is 288 g/mol. The molecule has 1 fully saturated rings. The Morgan fingerprint density at radius 3 is 2.00 bits per heavy atom. The van der Waals surface area contributed by atoms with Crippen molar-refractivity contribution in [2.45, 2.75) is 74.7 Å². The molecule has 2 aliphatic carbocycles. The van der Waals surface area contributed by atoms with Gasteiger partial charge in [0.25, 0.3) is 0 Å². The second-order valence-corrected chi connectivity index (χ2v) is 9.79. The summed E-state index contributed by atoms with van der Waals surface area (Å²) in [5.41, 5.74) is 2.69. The van der Waals surface area contributed by atoms with Gasteiger partial charge in [-0.3, -0.25) is 0 Å². The Morgan fingerprint density at radius 1 is 1.10 bits per heavy atom. The molecule has 0 aliphatic heterocycles. The molecule has 0 N–H and O–H groups in total. The third-order valence-electron chi connectivity index (χ3n) is 6.36. The summed E-state index contributed by atoms with van der Waals surface area (Å²) in [6.45, 7) is 19.2. The van der Waals surface area contributed by atoms with Gasteiger partial charge < -0.3 is 0 Å². The smallest absolute Gasteiger partial charge is 0.0131 e. The van der Waals surface area contributed by atoms with Crippen molar-refractivity contribution in [3.8, 4) is 0 Å². The highest BCUT2D eigenvalue weighted by molar-refractivity contribution is 5.31. The van der Waals surface area contributed by atoms with Crippen molar-refractivity contribution in [2.24, 2.45) is 34.0 Å². The van der Waals surface area contributed by atoms with Crippen LogP contribution in [0.25, 0.3) is 0 Å². The molecule has 2 rings (SSSR count). The number of hydrogen-bond donors (Lipinski definition) is 0. The molecule has 21 heavy (non-hydrogen) atoms. The highest BCUT2D eigenvalue weighted by atomic mass is 14.6. The van der Waals surface area contributed by atoms with E-state index < -0.39 is 0 Å². The van der Waals surface area contributed by atoms with Gasteiger partial charge in [-0.15, -0.1) is 0 Å². The molecule has 0 heteroatoms. The van der Waals surface area contributed by atoms with Crippen molar-refractivity contribution in [3.05, 3.63) is 23.8 Å². The van der Waals surface area contributed by atoms with Gasteiger partial charge in [0.2, 0.25) is 0 Å². The molecule has 0 bridgehead atoms. The Morgan fingerprint density at radius 2 is 1.71 bits per heavy atom. The predicted octanol–water partition coefficient (Wildman–Crippen LogP) is 6.63. The third kappa shape index (κ3) is 2.76. The van der Waals surface area contributed by atoms with E-state index in [1.54, 1.807) is 0 Å². The van der Waals surface area contributed by atoms with Crippen LogP contribution in [-0.2, 0) is 0 Å². The maximum absolute atomic E-state index is 2.56. The molecule has 0 spiro atoms. The summed E-state index contributed by atoms with van der Waals surface area (Å²) in [7, 11) is 0. The maximum Gasteiger partial charge on any atom is -0.0131 e. The molecule has 0 aromatic heterocycles. The molecule has 120 valence electrons. The second kappa shape index (κ2) is 5.28. The topological polar surface area (TPSA) is 0 Å². The van der Waals surface area contributed by atoms with Gasteiger partial charge in [0.1, 0.15) is 0 Å². The lowest BCUT2D eigenvalue weighted by Crippen LogP contribution is -2.56. The van der Waals surface area contributed by atoms with Gasteiger partial charge in [0, 0.05) is 0 Å². The zero-order valence-corrected chi connectivity index (χ0v) is 15.6. The van der Waals surface area contributed by atoms with Crippen LogP contribution in [0.2, 0.25) is 0 Å². The summed E-state index contributed by atoms with van der Waals surface area (Å²) >= 11 is 0. The Bertz CT molecular complexity index is 436. The molecule has 0 nitrogen and oxygen atoms in total. The standard InChI is InChI=1S/C21H36/c1-15(2)18-13-14-21(18,20(6,7)8)17-11-9-16(10-12-17)19(3,4)5/h9-11,15,17-18H,12-14H2,1-8H3. The average molecular weight is 289 g/mol. The van der Waals surface area contributed by atoms with E-state index in [9.17, 15) is 0 Å². The van der Waals surface area contributed by atoms with E-state index in [0.717, 1.165) is 17.8 Å². The van der Waals surface area contributed by atoms with Crippen LogP contribution >= 0.6 is 0 Å². The second-order valence-electron chi connectivity index (χ2n) is 9.79. The van der Waals surface area contributed by atoms with Crippen LogP contribution < -0.4 is 0 Å². The molecule has 0 aromatic carbocycles. The first-order valence-electron chi connectivity index (χ1n) is 8.89. The minimum atomic E-state index is 0.285. The van der Waals surface area contributed by atoms with Crippen LogP contribution in [0, 0.1) is 34.0 Å². The summed E-state index contributed by atoms with van der Waals surface area (Å²) in [6.07, 6.45) is 11.6. The van der Waals surface area contributed by atoms with Crippen LogP contribution in [0.3, 0.4) is 0 Å². The molecule has 1 saturated carbocycles. The minimum Gasteiger partial charge on any atom is -0.0802 e. The fourth-order valence-electron chi connectivity index (χ4n) is 5.06. The lowest BCUT2D eigenvalue weighted by molar-refractivity contribution is -0.128. The van der Waals surface area contributed by atoms with Crippen molar-refractivity contribution >= 4 is 0 Å². The largest absolute Gasteiger partial charge is 0.0802 e. The van der Waals surface area contributed by atoms with Crippen LogP contribution in [0.5, 0.6) is 0 Å². The zero-order chi connectivity index (χ0) is 16.1. The van der Waals surface area contributed by atoms with E-state index in [0.29, 0.717) is 10.8 Å². The summed E-state index contributed by atoms with van der Waals surface area (Å²) in [5, 5.41) is 0. The van der Waals surface area contributed by atoms with Crippen molar-refractivity contribution in [2.75, 3.05) is 0 Å². The predicted molar refractivity (Wildman–Crippen MR) is 94.2 cm³/mol. The van der Waals surface area contributed by atoms with Gasteiger partial charge in [-0.2, -0.15) is 0 Å². The molecular formula is C21H36. The molecule has 0 aromatic rings. The molecule has 0 saturated heterocycles. The molecule has 0 radical (unpaired) electrons. The number of rotatable bonds is 2. The van der Waals surface area contributed by atoms with Crippen LogP contribution in [-0.4, -0.2) is 0 Å². The highest BCUT2D eigenvalue weighted by Gasteiger charge is 2.58. The molecule has 0 amide bonds. The number of hydrogen-bond acceptors (Lipinski definition) is 0. The Hall–Kier alpha value is -0.520. The van der Waals surface area contributed by atoms with E-state index in [4.69, 9.17) is 0 Å². The Kier molecular flexibility index (Phi) is 4.24. The first kappa shape index (κ1) is 16.8. The lowest BCUT2D eigenvalue weighted by atomic mass is 9.41. The minimum absolute atomic E-state index is 0.285. The molecule has 3 atom stereocenters. The van der Waals surface area contributed by atoms with Gasteiger partial charge in [0.05, 0.1) is 0 Å². The zero-order valence-electron chi connectivity index (χ0n) is 15.6. The maximum atomic E-state index is 2.56. The quantitative estimate of drug-likeness (QED) is 0.534. The van der Waals surface area contributed by atoms with Crippen LogP contribution in [0.1, 0.15) is 74.7 Å². The van der Waals surface area contributed by atoms with E-state index in [-0.39, 0.29) is 5.41 Å². The van der Waals surface area contributed by atoms with Gasteiger partial charge >= 0.3 is 0 Å². The highest BCUT2D eigenvalue weighted by Crippen LogP contribution is 2.65.